The van der Waals surface area contributed by atoms with E-state index in [0.29, 0.717) is 22.7 Å². The highest BCUT2D eigenvalue weighted by atomic mass is 32.2. The van der Waals surface area contributed by atoms with Crippen LogP contribution in [-0.4, -0.2) is 32.7 Å². The number of carboxylic acids is 1. The topological polar surface area (TPSA) is 102 Å². The molecule has 0 saturated heterocycles. The summed E-state index contributed by atoms with van der Waals surface area (Å²) in [6, 6.07) is 22.6. The minimum absolute atomic E-state index is 0.116. The van der Waals surface area contributed by atoms with Gasteiger partial charge in [-0.25, -0.2) is 8.42 Å². The Balaban J connectivity index is 1.48. The van der Waals surface area contributed by atoms with Crippen LogP contribution in [0.1, 0.15) is 11.1 Å². The summed E-state index contributed by atoms with van der Waals surface area (Å²) in [5.41, 5.74) is 1.79. The van der Waals surface area contributed by atoms with E-state index in [1.807, 2.05) is 30.3 Å². The highest BCUT2D eigenvalue weighted by Crippen LogP contribution is 2.20. The van der Waals surface area contributed by atoms with Gasteiger partial charge in [-0.05, 0) is 42.0 Å². The fraction of sp³-hybridized carbons (Fsp3) is 0.125. The minimum atomic E-state index is -3.64. The molecule has 0 spiro atoms. The van der Waals surface area contributed by atoms with Crippen molar-refractivity contribution < 1.29 is 27.8 Å². The second-order valence-electron chi connectivity index (χ2n) is 6.76. The van der Waals surface area contributed by atoms with Gasteiger partial charge < -0.3 is 14.6 Å². The van der Waals surface area contributed by atoms with Crippen molar-refractivity contribution in [3.05, 3.63) is 95.4 Å². The Hall–Kier alpha value is -3.78. The van der Waals surface area contributed by atoms with Crippen molar-refractivity contribution in [1.82, 2.24) is 0 Å². The molecule has 0 unspecified atom stereocenters. The number of rotatable bonds is 11. The molecule has 0 aromatic heterocycles. The highest BCUT2D eigenvalue weighted by Gasteiger charge is 2.08. The first kappa shape index (κ1) is 22.9. The van der Waals surface area contributed by atoms with Crippen LogP contribution in [0.3, 0.4) is 0 Å². The Bertz CT molecular complexity index is 1160. The van der Waals surface area contributed by atoms with Crippen LogP contribution >= 0.6 is 0 Å². The predicted molar refractivity (Wildman–Crippen MR) is 123 cm³/mol. The van der Waals surface area contributed by atoms with Gasteiger partial charge in [-0.2, -0.15) is 0 Å². The molecule has 7 nitrogen and oxygen atoms in total. The van der Waals surface area contributed by atoms with Crippen LogP contribution in [0.4, 0.5) is 5.69 Å². The summed E-state index contributed by atoms with van der Waals surface area (Å²) in [7, 11) is -3.64. The molecule has 2 N–H and O–H groups in total. The number of sulfonamides is 1. The standard InChI is InChI=1S/C24H23NO6S/c26-24(27)18-20-8-4-5-9-23(20)31-16-15-30-22-12-10-21(11-13-22)25-32(28,29)17-14-19-6-2-1-3-7-19/h1-14,17,25H,15-16,18H2,(H,26,27)/b17-14+. The fourth-order valence-corrected chi connectivity index (χ4v) is 3.68. The van der Waals surface area contributed by atoms with Crippen molar-refractivity contribution in [3.8, 4) is 11.5 Å². The zero-order chi connectivity index (χ0) is 22.8. The van der Waals surface area contributed by atoms with Crippen LogP contribution < -0.4 is 14.2 Å². The average Bonchev–Trinajstić information content (AvgIpc) is 2.78. The molecule has 0 fully saturated rings. The molecule has 0 aliphatic rings. The number of ether oxygens (including phenoxy) is 2. The Morgan fingerprint density at radius 2 is 1.53 bits per heavy atom. The number of nitrogens with one attached hydrogen (secondary N) is 1. The average molecular weight is 454 g/mol. The maximum atomic E-state index is 12.2. The van der Waals surface area contributed by atoms with E-state index in [4.69, 9.17) is 14.6 Å². The summed E-state index contributed by atoms with van der Waals surface area (Å²) in [4.78, 5) is 10.9. The van der Waals surface area contributed by atoms with Gasteiger partial charge in [-0.15, -0.1) is 0 Å². The smallest absolute Gasteiger partial charge is 0.307 e. The normalized spacial score (nSPS) is 11.2. The molecule has 0 saturated carbocycles. The molecule has 0 bridgehead atoms. The molecular formula is C24H23NO6S. The zero-order valence-electron chi connectivity index (χ0n) is 17.2. The van der Waals surface area contributed by atoms with Crippen molar-refractivity contribution in [1.29, 1.82) is 0 Å². The lowest BCUT2D eigenvalue weighted by atomic mass is 10.1. The first-order valence-corrected chi connectivity index (χ1v) is 11.4. The van der Waals surface area contributed by atoms with E-state index < -0.39 is 16.0 Å². The predicted octanol–water partition coefficient (Wildman–Crippen LogP) is 4.18. The molecule has 32 heavy (non-hydrogen) atoms. The number of anilines is 1. The molecule has 0 aliphatic carbocycles. The summed E-state index contributed by atoms with van der Waals surface area (Å²) < 4.78 is 38.1. The first-order chi connectivity index (χ1) is 15.4. The van der Waals surface area contributed by atoms with Crippen molar-refractivity contribution in [2.24, 2.45) is 0 Å². The fourth-order valence-electron chi connectivity index (χ4n) is 2.81. The number of aliphatic carboxylic acids is 1. The maximum absolute atomic E-state index is 12.2. The van der Waals surface area contributed by atoms with Gasteiger partial charge in [0.2, 0.25) is 0 Å². The molecule has 3 rings (SSSR count). The molecule has 166 valence electrons. The summed E-state index contributed by atoms with van der Waals surface area (Å²) in [5.74, 6) is 0.130. The molecule has 3 aromatic rings. The molecule has 0 heterocycles. The molecule has 0 aliphatic heterocycles. The van der Waals surface area contributed by atoms with Gasteiger partial charge in [0.1, 0.15) is 24.7 Å². The lowest BCUT2D eigenvalue weighted by Crippen LogP contribution is -2.11. The third-order valence-corrected chi connectivity index (χ3v) is 5.29. The van der Waals surface area contributed by atoms with Crippen molar-refractivity contribution in [2.45, 2.75) is 6.42 Å². The molecule has 0 atom stereocenters. The molecule has 0 amide bonds. The van der Waals surface area contributed by atoms with Crippen LogP contribution in [0.2, 0.25) is 0 Å². The minimum Gasteiger partial charge on any atom is -0.490 e. The molecular weight excluding hydrogens is 430 g/mol. The Labute approximate surface area is 187 Å². The Morgan fingerprint density at radius 1 is 0.875 bits per heavy atom. The van der Waals surface area contributed by atoms with Gasteiger partial charge in [0.05, 0.1) is 11.8 Å². The second-order valence-corrected chi connectivity index (χ2v) is 8.33. The zero-order valence-corrected chi connectivity index (χ0v) is 18.0. The van der Waals surface area contributed by atoms with E-state index in [0.717, 1.165) is 11.0 Å². The lowest BCUT2D eigenvalue weighted by molar-refractivity contribution is -0.136. The maximum Gasteiger partial charge on any atom is 0.307 e. The first-order valence-electron chi connectivity index (χ1n) is 9.83. The summed E-state index contributed by atoms with van der Waals surface area (Å²) in [6.45, 7) is 0.474. The number of hydrogen-bond donors (Lipinski definition) is 2. The summed E-state index contributed by atoms with van der Waals surface area (Å²) in [6.07, 6.45) is 1.41. The number of benzene rings is 3. The SMILES string of the molecule is O=C(O)Cc1ccccc1OCCOc1ccc(NS(=O)(=O)/C=C/c2ccccc2)cc1. The number of hydrogen-bond acceptors (Lipinski definition) is 5. The highest BCUT2D eigenvalue weighted by molar-refractivity contribution is 7.95. The van der Waals surface area contributed by atoms with Crippen LogP contribution in [0.25, 0.3) is 6.08 Å². The molecule has 8 heteroatoms. The van der Waals surface area contributed by atoms with Gasteiger partial charge >= 0.3 is 5.97 Å². The third kappa shape index (κ3) is 7.48. The van der Waals surface area contributed by atoms with Gasteiger partial charge in [0, 0.05) is 11.3 Å². The summed E-state index contributed by atoms with van der Waals surface area (Å²) in [5, 5.41) is 10.1. The van der Waals surface area contributed by atoms with Crippen molar-refractivity contribution >= 4 is 27.8 Å². The van der Waals surface area contributed by atoms with Crippen LogP contribution in [-0.2, 0) is 21.2 Å². The Morgan fingerprint density at radius 3 is 2.25 bits per heavy atom. The monoisotopic (exact) mass is 453 g/mol. The van der Waals surface area contributed by atoms with E-state index >= 15 is 0 Å². The van der Waals surface area contributed by atoms with E-state index in [2.05, 4.69) is 4.72 Å². The van der Waals surface area contributed by atoms with Crippen LogP contribution in [0.5, 0.6) is 11.5 Å². The van der Waals surface area contributed by atoms with Crippen LogP contribution in [0.15, 0.2) is 84.3 Å². The van der Waals surface area contributed by atoms with Gasteiger partial charge in [-0.1, -0.05) is 48.5 Å². The Kier molecular flexibility index (Phi) is 7.88. The molecule has 3 aromatic carbocycles. The van der Waals surface area contributed by atoms with E-state index in [9.17, 15) is 13.2 Å². The third-order valence-electron chi connectivity index (χ3n) is 4.28. The van der Waals surface area contributed by atoms with Crippen molar-refractivity contribution in [3.63, 3.8) is 0 Å². The largest absolute Gasteiger partial charge is 0.490 e. The van der Waals surface area contributed by atoms with Gasteiger partial charge in [-0.3, -0.25) is 9.52 Å². The number of carbonyl (C=O) groups is 1. The van der Waals surface area contributed by atoms with E-state index in [-0.39, 0.29) is 19.6 Å². The van der Waals surface area contributed by atoms with E-state index in [1.54, 1.807) is 48.5 Å². The summed E-state index contributed by atoms with van der Waals surface area (Å²) >= 11 is 0. The van der Waals surface area contributed by atoms with Crippen molar-refractivity contribution in [2.75, 3.05) is 17.9 Å². The molecule has 0 radical (unpaired) electrons. The number of carboxylic acid groups (broad SMARTS) is 1. The lowest BCUT2D eigenvalue weighted by Gasteiger charge is -2.11. The van der Waals surface area contributed by atoms with Gasteiger partial charge in [0.15, 0.2) is 0 Å². The van der Waals surface area contributed by atoms with Gasteiger partial charge in [0.25, 0.3) is 10.0 Å². The quantitative estimate of drug-likeness (QED) is 0.422. The second kappa shape index (κ2) is 11.0. The van der Waals surface area contributed by atoms with Crippen LogP contribution in [0, 0.1) is 0 Å². The number of para-hydroxylation sites is 1. The van der Waals surface area contributed by atoms with E-state index in [1.165, 1.54) is 6.08 Å².